The Morgan fingerprint density at radius 3 is 2.74 bits per heavy atom. The van der Waals surface area contributed by atoms with E-state index in [1.54, 1.807) is 6.92 Å². The van der Waals surface area contributed by atoms with E-state index >= 15 is 0 Å². The Morgan fingerprint density at radius 2 is 2.05 bits per heavy atom. The second kappa shape index (κ2) is 4.92. The maximum atomic E-state index is 11.7. The number of rotatable bonds is 3. The minimum Gasteiger partial charge on any atom is -0.466 e. The topological polar surface area (TPSA) is 122 Å². The zero-order chi connectivity index (χ0) is 14.0. The number of esters is 1. The van der Waals surface area contributed by atoms with E-state index < -0.39 is 22.8 Å². The monoisotopic (exact) mass is 266 g/mol. The Bertz CT molecular complexity index is 792. The van der Waals surface area contributed by atoms with Crippen molar-refractivity contribution in [3.8, 4) is 0 Å². The highest BCUT2D eigenvalue weighted by atomic mass is 16.5. The minimum absolute atomic E-state index is 0.0488. The van der Waals surface area contributed by atoms with Gasteiger partial charge in [-0.15, -0.1) is 0 Å². The van der Waals surface area contributed by atoms with E-state index in [0.29, 0.717) is 0 Å². The van der Waals surface area contributed by atoms with Crippen LogP contribution in [0.5, 0.6) is 0 Å². The Kier molecular flexibility index (Phi) is 3.32. The molecular formula is C11H10N2O6. The molecule has 2 heterocycles. The third kappa shape index (κ3) is 2.62. The van der Waals surface area contributed by atoms with Gasteiger partial charge >= 0.3 is 17.3 Å². The summed E-state index contributed by atoms with van der Waals surface area (Å²) in [4.78, 5) is 49.7. The van der Waals surface area contributed by atoms with Crippen LogP contribution in [0.4, 0.5) is 0 Å². The molecule has 8 nitrogen and oxygen atoms in total. The van der Waals surface area contributed by atoms with Gasteiger partial charge in [0.2, 0.25) is 5.71 Å². The standard InChI is InChI=1S/C11H10N2O6/c1-2-18-6(14)3-5-4-7(15)19-10-8(5)9(16)12-11(17)13-10/h4H,2-3H2,1H3,(H2,12,13,16,17). The van der Waals surface area contributed by atoms with E-state index in [1.807, 2.05) is 4.98 Å². The molecule has 0 bridgehead atoms. The summed E-state index contributed by atoms with van der Waals surface area (Å²) in [6, 6.07) is 1.02. The van der Waals surface area contributed by atoms with Crippen molar-refractivity contribution < 1.29 is 13.9 Å². The average Bonchev–Trinajstić information content (AvgIpc) is 2.26. The maximum Gasteiger partial charge on any atom is 0.337 e. The van der Waals surface area contributed by atoms with Crippen LogP contribution in [0.1, 0.15) is 12.5 Å². The number of aromatic nitrogens is 2. The number of nitrogens with one attached hydrogen (secondary N) is 2. The summed E-state index contributed by atoms with van der Waals surface area (Å²) in [5.41, 5.74) is -2.42. The summed E-state index contributed by atoms with van der Waals surface area (Å²) >= 11 is 0. The largest absolute Gasteiger partial charge is 0.466 e. The third-order valence-electron chi connectivity index (χ3n) is 2.36. The molecule has 0 aliphatic heterocycles. The van der Waals surface area contributed by atoms with Gasteiger partial charge in [0.15, 0.2) is 0 Å². The van der Waals surface area contributed by atoms with Crippen LogP contribution in [-0.2, 0) is 16.0 Å². The molecule has 0 fully saturated rings. The van der Waals surface area contributed by atoms with Crippen LogP contribution >= 0.6 is 0 Å². The van der Waals surface area contributed by atoms with Crippen molar-refractivity contribution in [1.29, 1.82) is 0 Å². The summed E-state index contributed by atoms with van der Waals surface area (Å²) in [6.07, 6.45) is -0.259. The Hall–Kier alpha value is -2.64. The highest BCUT2D eigenvalue weighted by Crippen LogP contribution is 2.10. The third-order valence-corrected chi connectivity index (χ3v) is 2.36. The molecular weight excluding hydrogens is 256 g/mol. The average molecular weight is 266 g/mol. The zero-order valence-corrected chi connectivity index (χ0v) is 9.94. The van der Waals surface area contributed by atoms with Crippen molar-refractivity contribution in [2.75, 3.05) is 6.61 Å². The molecule has 2 rings (SSSR count). The smallest absolute Gasteiger partial charge is 0.337 e. The van der Waals surface area contributed by atoms with Crippen LogP contribution in [0, 0.1) is 0 Å². The number of H-pyrrole nitrogens is 2. The van der Waals surface area contributed by atoms with Gasteiger partial charge in [0.25, 0.3) is 5.56 Å². The summed E-state index contributed by atoms with van der Waals surface area (Å²) in [5.74, 6) is -0.583. The van der Waals surface area contributed by atoms with E-state index in [0.717, 1.165) is 6.07 Å². The molecule has 8 heteroatoms. The van der Waals surface area contributed by atoms with Gasteiger partial charge in [-0.3, -0.25) is 19.6 Å². The number of fused-ring (bicyclic) bond motifs is 1. The fraction of sp³-hybridized carbons (Fsp3) is 0.273. The van der Waals surface area contributed by atoms with Crippen LogP contribution in [0.3, 0.4) is 0 Å². The molecule has 2 N–H and O–H groups in total. The number of hydrogen-bond donors (Lipinski definition) is 2. The van der Waals surface area contributed by atoms with Gasteiger partial charge in [-0.2, -0.15) is 0 Å². The number of carbonyl (C=O) groups excluding carboxylic acids is 1. The minimum atomic E-state index is -0.797. The Morgan fingerprint density at radius 1 is 1.32 bits per heavy atom. The molecule has 100 valence electrons. The molecule has 0 spiro atoms. The quantitative estimate of drug-likeness (QED) is 0.706. The number of hydrogen-bond acceptors (Lipinski definition) is 6. The molecule has 0 saturated heterocycles. The van der Waals surface area contributed by atoms with Gasteiger partial charge in [-0.05, 0) is 12.5 Å². The van der Waals surface area contributed by atoms with Crippen LogP contribution in [0.25, 0.3) is 11.1 Å². The van der Waals surface area contributed by atoms with Gasteiger partial charge in [0.05, 0.1) is 13.0 Å². The SMILES string of the molecule is CCOC(=O)Cc1cc(=O)oc2[nH]c(=O)[nH]c(=O)c12. The van der Waals surface area contributed by atoms with E-state index in [2.05, 4.69) is 4.98 Å². The van der Waals surface area contributed by atoms with Crippen molar-refractivity contribution in [2.45, 2.75) is 13.3 Å². The molecule has 19 heavy (non-hydrogen) atoms. The first kappa shape index (κ1) is 12.8. The first-order valence-corrected chi connectivity index (χ1v) is 5.46. The Labute approximate surface area is 105 Å². The van der Waals surface area contributed by atoms with Gasteiger partial charge in [0.1, 0.15) is 5.39 Å². The molecule has 0 atom stereocenters. The van der Waals surface area contributed by atoms with Crippen LogP contribution in [-0.4, -0.2) is 22.5 Å². The Balaban J connectivity index is 2.66. The fourth-order valence-electron chi connectivity index (χ4n) is 1.69. The lowest BCUT2D eigenvalue weighted by Crippen LogP contribution is -2.24. The predicted molar refractivity (Wildman–Crippen MR) is 64.1 cm³/mol. The highest BCUT2D eigenvalue weighted by molar-refractivity contribution is 5.82. The van der Waals surface area contributed by atoms with Crippen molar-refractivity contribution in [1.82, 2.24) is 9.97 Å². The lowest BCUT2D eigenvalue weighted by Gasteiger charge is -2.03. The predicted octanol–water partition coefficient (Wildman–Crippen LogP) is -0.725. The maximum absolute atomic E-state index is 11.7. The molecule has 0 aliphatic carbocycles. The lowest BCUT2D eigenvalue weighted by atomic mass is 10.1. The molecule has 0 aliphatic rings. The summed E-state index contributed by atoms with van der Waals surface area (Å²) in [6.45, 7) is 1.82. The van der Waals surface area contributed by atoms with Crippen molar-refractivity contribution in [3.05, 3.63) is 42.9 Å². The first-order valence-electron chi connectivity index (χ1n) is 5.46. The summed E-state index contributed by atoms with van der Waals surface area (Å²) in [5, 5.41) is -0.0488. The van der Waals surface area contributed by atoms with Crippen molar-refractivity contribution in [3.63, 3.8) is 0 Å². The van der Waals surface area contributed by atoms with E-state index in [9.17, 15) is 19.2 Å². The van der Waals surface area contributed by atoms with Gasteiger partial charge in [-0.25, -0.2) is 9.59 Å². The second-order valence-corrected chi connectivity index (χ2v) is 3.68. The summed E-state index contributed by atoms with van der Waals surface area (Å²) in [7, 11) is 0. The van der Waals surface area contributed by atoms with E-state index in [1.165, 1.54) is 0 Å². The normalized spacial score (nSPS) is 10.6. The number of aromatic amines is 2. The molecule has 0 aromatic carbocycles. The van der Waals surface area contributed by atoms with E-state index in [4.69, 9.17) is 9.15 Å². The lowest BCUT2D eigenvalue weighted by molar-refractivity contribution is -0.142. The van der Waals surface area contributed by atoms with Gasteiger partial charge in [-0.1, -0.05) is 0 Å². The molecule has 0 saturated carbocycles. The molecule has 0 unspecified atom stereocenters. The van der Waals surface area contributed by atoms with Crippen LogP contribution in [0.15, 0.2) is 24.9 Å². The van der Waals surface area contributed by atoms with Crippen molar-refractivity contribution in [2.24, 2.45) is 0 Å². The van der Waals surface area contributed by atoms with Crippen LogP contribution in [0.2, 0.25) is 0 Å². The van der Waals surface area contributed by atoms with Gasteiger partial charge < -0.3 is 9.15 Å². The fourth-order valence-corrected chi connectivity index (χ4v) is 1.69. The number of carbonyl (C=O) groups is 1. The highest BCUT2D eigenvalue weighted by Gasteiger charge is 2.14. The molecule has 0 amide bonds. The molecule has 2 aromatic rings. The zero-order valence-electron chi connectivity index (χ0n) is 9.94. The summed E-state index contributed by atoms with van der Waals surface area (Å²) < 4.78 is 9.46. The number of ether oxygens (including phenoxy) is 1. The molecule has 2 aromatic heterocycles. The van der Waals surface area contributed by atoms with Crippen LogP contribution < -0.4 is 16.9 Å². The second-order valence-electron chi connectivity index (χ2n) is 3.68. The van der Waals surface area contributed by atoms with Crippen molar-refractivity contribution >= 4 is 17.1 Å². The molecule has 0 radical (unpaired) electrons. The van der Waals surface area contributed by atoms with Gasteiger partial charge in [0, 0.05) is 6.07 Å². The van der Waals surface area contributed by atoms with E-state index in [-0.39, 0.29) is 29.7 Å². The first-order chi connectivity index (χ1) is 9.01.